The minimum Gasteiger partial charge on any atom is -0.478 e. The zero-order valence-electron chi connectivity index (χ0n) is 11.9. The Balaban J connectivity index is 3.20. The van der Waals surface area contributed by atoms with Gasteiger partial charge in [0.1, 0.15) is 0 Å². The van der Waals surface area contributed by atoms with E-state index in [1.165, 1.54) is 33.3 Å². The molecule has 1 amide bonds. The molecule has 0 aliphatic heterocycles. The van der Waals surface area contributed by atoms with Crippen molar-refractivity contribution in [1.29, 1.82) is 0 Å². The van der Waals surface area contributed by atoms with Gasteiger partial charge in [-0.05, 0) is 18.2 Å². The van der Waals surface area contributed by atoms with Gasteiger partial charge in [-0.15, -0.1) is 0 Å². The first-order valence-corrected chi connectivity index (χ1v) is 7.38. The van der Waals surface area contributed by atoms with Crippen LogP contribution in [0.2, 0.25) is 0 Å². The lowest BCUT2D eigenvalue weighted by Crippen LogP contribution is -2.27. The van der Waals surface area contributed by atoms with E-state index in [1.54, 1.807) is 0 Å². The molecule has 1 aromatic carbocycles. The van der Waals surface area contributed by atoms with Crippen LogP contribution >= 0.6 is 0 Å². The van der Waals surface area contributed by atoms with Crippen LogP contribution in [0.5, 0.6) is 0 Å². The van der Waals surface area contributed by atoms with Crippen molar-refractivity contribution in [3.63, 3.8) is 0 Å². The summed E-state index contributed by atoms with van der Waals surface area (Å²) in [5.41, 5.74) is -0.0503. The lowest BCUT2D eigenvalue weighted by Gasteiger charge is -2.14. The maximum Gasteiger partial charge on any atom is 0.337 e. The Labute approximate surface area is 122 Å². The summed E-state index contributed by atoms with van der Waals surface area (Å²) < 4.78 is 24.9. The van der Waals surface area contributed by atoms with Gasteiger partial charge in [-0.3, -0.25) is 4.79 Å². The third kappa shape index (κ3) is 3.92. The second-order valence-electron chi connectivity index (χ2n) is 4.33. The Bertz CT molecular complexity index is 655. The van der Waals surface area contributed by atoms with E-state index in [9.17, 15) is 18.0 Å². The molecule has 0 saturated carbocycles. The number of hydrogen-bond acceptors (Lipinski definition) is 5. The van der Waals surface area contributed by atoms with E-state index in [0.717, 1.165) is 10.4 Å². The number of aromatic carboxylic acids is 1. The van der Waals surface area contributed by atoms with Crippen molar-refractivity contribution in [1.82, 2.24) is 9.62 Å². The Morgan fingerprint density at radius 2 is 1.90 bits per heavy atom. The van der Waals surface area contributed by atoms with Crippen molar-refractivity contribution in [3.8, 4) is 0 Å². The summed E-state index contributed by atoms with van der Waals surface area (Å²) in [6, 6.07) is 3.67. The van der Waals surface area contributed by atoms with Crippen LogP contribution in [0.25, 0.3) is 0 Å². The lowest BCUT2D eigenvalue weighted by molar-refractivity contribution is -0.118. The van der Waals surface area contributed by atoms with Crippen molar-refractivity contribution in [2.24, 2.45) is 0 Å². The number of carbonyl (C=O) groups excluding carboxylic acids is 1. The van der Waals surface area contributed by atoms with Gasteiger partial charge in [0.2, 0.25) is 15.9 Å². The summed E-state index contributed by atoms with van der Waals surface area (Å²) in [5.74, 6) is -1.61. The van der Waals surface area contributed by atoms with Crippen LogP contribution in [0.3, 0.4) is 0 Å². The fraction of sp³-hybridized carbons (Fsp3) is 0.333. The quantitative estimate of drug-likeness (QED) is 0.669. The number of carbonyl (C=O) groups is 2. The number of amides is 1. The highest BCUT2D eigenvalue weighted by molar-refractivity contribution is 7.89. The Morgan fingerprint density at radius 1 is 1.29 bits per heavy atom. The molecule has 0 atom stereocenters. The summed E-state index contributed by atoms with van der Waals surface area (Å²) in [6.07, 6.45) is 0. The second-order valence-corrected chi connectivity index (χ2v) is 6.48. The largest absolute Gasteiger partial charge is 0.478 e. The molecule has 1 aromatic rings. The van der Waals surface area contributed by atoms with E-state index >= 15 is 0 Å². The van der Waals surface area contributed by atoms with Crippen molar-refractivity contribution < 1.29 is 23.1 Å². The van der Waals surface area contributed by atoms with E-state index < -0.39 is 16.0 Å². The number of carboxylic acid groups (broad SMARTS) is 1. The highest BCUT2D eigenvalue weighted by Crippen LogP contribution is 2.22. The van der Waals surface area contributed by atoms with Crippen LogP contribution in [0, 0.1) is 0 Å². The van der Waals surface area contributed by atoms with Crippen molar-refractivity contribution in [3.05, 3.63) is 23.8 Å². The van der Waals surface area contributed by atoms with Gasteiger partial charge in [0.05, 0.1) is 17.0 Å². The minimum atomic E-state index is -3.72. The number of sulfonamides is 1. The average molecular weight is 315 g/mol. The van der Waals surface area contributed by atoms with E-state index in [1.807, 2.05) is 0 Å². The van der Waals surface area contributed by atoms with E-state index in [2.05, 4.69) is 10.6 Å². The van der Waals surface area contributed by atoms with Crippen molar-refractivity contribution >= 4 is 27.6 Å². The fourth-order valence-electron chi connectivity index (χ4n) is 1.49. The van der Waals surface area contributed by atoms with Crippen LogP contribution in [-0.2, 0) is 14.8 Å². The monoisotopic (exact) mass is 315 g/mol. The maximum absolute atomic E-state index is 12.0. The molecular formula is C12H17N3O5S. The number of rotatable bonds is 6. The van der Waals surface area contributed by atoms with E-state index in [-0.39, 0.29) is 28.6 Å². The smallest absolute Gasteiger partial charge is 0.337 e. The zero-order valence-corrected chi connectivity index (χ0v) is 12.7. The number of nitrogens with one attached hydrogen (secondary N) is 2. The first-order chi connectivity index (χ1) is 9.70. The van der Waals surface area contributed by atoms with Crippen LogP contribution < -0.4 is 10.6 Å². The molecule has 1 rings (SSSR count). The summed E-state index contributed by atoms with van der Waals surface area (Å²) in [7, 11) is 0.440. The van der Waals surface area contributed by atoms with Crippen LogP contribution in [0.1, 0.15) is 10.4 Å². The normalized spacial score (nSPS) is 11.2. The van der Waals surface area contributed by atoms with Gasteiger partial charge in [0, 0.05) is 26.8 Å². The highest BCUT2D eigenvalue weighted by Gasteiger charge is 2.21. The summed E-state index contributed by atoms with van der Waals surface area (Å²) in [4.78, 5) is 22.3. The first-order valence-electron chi connectivity index (χ1n) is 5.94. The van der Waals surface area contributed by atoms with Gasteiger partial charge in [0.25, 0.3) is 0 Å². The molecule has 0 radical (unpaired) electrons. The third-order valence-corrected chi connectivity index (χ3v) is 4.53. The zero-order chi connectivity index (χ0) is 16.2. The van der Waals surface area contributed by atoms with Crippen LogP contribution in [-0.4, -0.2) is 57.4 Å². The fourth-order valence-corrected chi connectivity index (χ4v) is 2.42. The number of nitrogens with zero attached hydrogens (tertiary/aromatic N) is 1. The molecule has 21 heavy (non-hydrogen) atoms. The molecule has 116 valence electrons. The molecule has 0 fully saturated rings. The van der Waals surface area contributed by atoms with Crippen molar-refractivity contribution in [2.75, 3.05) is 33.0 Å². The number of hydrogen-bond donors (Lipinski definition) is 3. The topological polar surface area (TPSA) is 116 Å². The van der Waals surface area contributed by atoms with Gasteiger partial charge in [-0.25, -0.2) is 17.5 Å². The molecule has 0 aliphatic rings. The predicted molar refractivity (Wildman–Crippen MR) is 76.8 cm³/mol. The summed E-state index contributed by atoms with van der Waals surface area (Å²) >= 11 is 0. The van der Waals surface area contributed by atoms with Gasteiger partial charge in [-0.2, -0.15) is 0 Å². The molecule has 0 spiro atoms. The number of anilines is 1. The van der Waals surface area contributed by atoms with Gasteiger partial charge >= 0.3 is 5.97 Å². The molecule has 0 heterocycles. The van der Waals surface area contributed by atoms with Crippen LogP contribution in [0.15, 0.2) is 23.1 Å². The maximum atomic E-state index is 12.0. The second kappa shape index (κ2) is 6.55. The first kappa shape index (κ1) is 16.9. The molecular weight excluding hydrogens is 298 g/mol. The van der Waals surface area contributed by atoms with Crippen molar-refractivity contribution in [2.45, 2.75) is 4.90 Å². The standard InChI is InChI=1S/C12H17N3O5S/c1-13-11(16)7-14-10-5-4-8(6-9(10)12(17)18)21(19,20)15(2)3/h4-6,14H,7H2,1-3H3,(H,13,16)(H,17,18). The van der Waals surface area contributed by atoms with E-state index in [0.29, 0.717) is 0 Å². The number of benzene rings is 1. The van der Waals surface area contributed by atoms with Gasteiger partial charge < -0.3 is 15.7 Å². The van der Waals surface area contributed by atoms with Crippen LogP contribution in [0.4, 0.5) is 5.69 Å². The van der Waals surface area contributed by atoms with E-state index in [4.69, 9.17) is 5.11 Å². The minimum absolute atomic E-state index is 0.115. The average Bonchev–Trinajstić information content (AvgIpc) is 2.43. The Kier molecular flexibility index (Phi) is 5.28. The highest BCUT2D eigenvalue weighted by atomic mass is 32.2. The Morgan fingerprint density at radius 3 is 2.38 bits per heavy atom. The predicted octanol–water partition coefficient (Wildman–Crippen LogP) is -0.207. The Hall–Kier alpha value is -2.13. The van der Waals surface area contributed by atoms with Gasteiger partial charge in [-0.1, -0.05) is 0 Å². The molecule has 9 heteroatoms. The molecule has 8 nitrogen and oxygen atoms in total. The summed E-state index contributed by atoms with van der Waals surface area (Å²) in [6.45, 7) is -0.115. The lowest BCUT2D eigenvalue weighted by atomic mass is 10.2. The summed E-state index contributed by atoms with van der Waals surface area (Å²) in [5, 5.41) is 14.2. The van der Waals surface area contributed by atoms with Gasteiger partial charge in [0.15, 0.2) is 0 Å². The number of carboxylic acids is 1. The third-order valence-electron chi connectivity index (χ3n) is 2.72. The number of likely N-dealkylation sites (N-methyl/N-ethyl adjacent to an activating group) is 1. The molecule has 0 bridgehead atoms. The molecule has 0 aromatic heterocycles. The molecule has 0 unspecified atom stereocenters. The molecule has 0 saturated heterocycles. The SMILES string of the molecule is CNC(=O)CNc1ccc(S(=O)(=O)N(C)C)cc1C(=O)O. The molecule has 3 N–H and O–H groups in total. The molecule has 0 aliphatic carbocycles.